The topological polar surface area (TPSA) is 86.7 Å². The van der Waals surface area contributed by atoms with Crippen LogP contribution in [0.4, 0.5) is 11.4 Å². The van der Waals surface area contributed by atoms with Gasteiger partial charge in [0.05, 0.1) is 16.1 Å². The van der Waals surface area contributed by atoms with Gasteiger partial charge >= 0.3 is 5.97 Å². The number of thioether (sulfide) groups is 1. The highest BCUT2D eigenvalue weighted by molar-refractivity contribution is 7.99. The molecule has 1 fully saturated rings. The first-order chi connectivity index (χ1) is 13.8. The molecule has 0 bridgehead atoms. The number of rotatable bonds is 5. The zero-order chi connectivity index (χ0) is 20.6. The molecule has 0 radical (unpaired) electrons. The van der Waals surface area contributed by atoms with Gasteiger partial charge in [-0.1, -0.05) is 0 Å². The maximum Gasteiger partial charge on any atom is 0.335 e. The summed E-state index contributed by atoms with van der Waals surface area (Å²) in [5.41, 5.74) is 4.03. The lowest BCUT2D eigenvalue weighted by molar-refractivity contribution is 0.0696. The van der Waals surface area contributed by atoms with E-state index in [0.29, 0.717) is 18.5 Å². The van der Waals surface area contributed by atoms with Gasteiger partial charge in [-0.2, -0.15) is 11.8 Å². The molecular formula is C21H24N2O4S2. The number of aryl methyl sites for hydroxylation is 2. The summed E-state index contributed by atoms with van der Waals surface area (Å²) in [5, 5.41) is 9.37. The second-order valence-corrected chi connectivity index (χ2v) is 10.4. The number of anilines is 2. The monoisotopic (exact) mass is 432 g/mol. The molecular weight excluding hydrogens is 408 g/mol. The first-order valence-corrected chi connectivity index (χ1v) is 12.3. The number of hydrogen-bond donors (Lipinski definition) is 2. The first kappa shape index (κ1) is 20.1. The second kappa shape index (κ2) is 7.91. The molecule has 2 aromatic rings. The van der Waals surface area contributed by atoms with Crippen LogP contribution in [0.15, 0.2) is 35.2 Å². The molecule has 1 heterocycles. The molecule has 6 nitrogen and oxygen atoms in total. The number of hydrogen-bond acceptors (Lipinski definition) is 5. The van der Waals surface area contributed by atoms with Gasteiger partial charge in [0.15, 0.2) is 0 Å². The highest BCUT2D eigenvalue weighted by atomic mass is 32.2. The number of carboxylic acid groups (broad SMARTS) is 1. The molecule has 1 aliphatic heterocycles. The summed E-state index contributed by atoms with van der Waals surface area (Å²) in [5.74, 6) is 1.08. The fraction of sp³-hybridized carbons (Fsp3) is 0.381. The molecule has 8 heteroatoms. The summed E-state index contributed by atoms with van der Waals surface area (Å²) in [7, 11) is -3.89. The molecule has 0 amide bonds. The van der Waals surface area contributed by atoms with Crippen molar-refractivity contribution in [1.82, 2.24) is 0 Å². The molecule has 0 saturated carbocycles. The van der Waals surface area contributed by atoms with E-state index in [2.05, 4.69) is 9.62 Å². The number of fused-ring (bicyclic) bond motifs is 1. The van der Waals surface area contributed by atoms with E-state index >= 15 is 0 Å². The van der Waals surface area contributed by atoms with Gasteiger partial charge < -0.3 is 10.0 Å². The number of carbonyl (C=O) groups is 1. The Labute approximate surface area is 175 Å². The zero-order valence-corrected chi connectivity index (χ0v) is 17.9. The zero-order valence-electron chi connectivity index (χ0n) is 16.3. The van der Waals surface area contributed by atoms with Crippen molar-refractivity contribution in [3.8, 4) is 0 Å². The maximum absolute atomic E-state index is 13.2. The van der Waals surface area contributed by atoms with Crippen LogP contribution in [-0.2, 0) is 22.9 Å². The maximum atomic E-state index is 13.2. The van der Waals surface area contributed by atoms with Crippen molar-refractivity contribution in [2.75, 3.05) is 34.2 Å². The van der Waals surface area contributed by atoms with Crippen LogP contribution in [0.25, 0.3) is 0 Å². The van der Waals surface area contributed by atoms with Gasteiger partial charge in [0.1, 0.15) is 0 Å². The number of nitrogens with one attached hydrogen (secondary N) is 1. The van der Waals surface area contributed by atoms with Crippen molar-refractivity contribution >= 4 is 39.1 Å². The van der Waals surface area contributed by atoms with Crippen molar-refractivity contribution in [3.63, 3.8) is 0 Å². The SMILES string of the molecule is Cc1cc(N2CCSCC2)ccc1NS(=O)(=O)c1cc(C(=O)O)cc2c1CCC2. The summed E-state index contributed by atoms with van der Waals surface area (Å²) >= 11 is 1.94. The summed E-state index contributed by atoms with van der Waals surface area (Å²) in [6.45, 7) is 3.87. The molecule has 4 rings (SSSR count). The van der Waals surface area contributed by atoms with Crippen molar-refractivity contribution in [2.45, 2.75) is 31.1 Å². The molecule has 0 spiro atoms. The summed E-state index contributed by atoms with van der Waals surface area (Å²) in [4.78, 5) is 13.9. The minimum atomic E-state index is -3.89. The molecule has 29 heavy (non-hydrogen) atoms. The van der Waals surface area contributed by atoms with Crippen LogP contribution in [0.3, 0.4) is 0 Å². The highest BCUT2D eigenvalue weighted by Crippen LogP contribution is 2.32. The molecule has 0 unspecified atom stereocenters. The minimum absolute atomic E-state index is 0.0149. The smallest absolute Gasteiger partial charge is 0.335 e. The van der Waals surface area contributed by atoms with Crippen LogP contribution < -0.4 is 9.62 Å². The van der Waals surface area contributed by atoms with Crippen LogP contribution in [0, 0.1) is 6.92 Å². The third-order valence-electron chi connectivity index (χ3n) is 5.54. The van der Waals surface area contributed by atoms with Crippen LogP contribution in [0.1, 0.15) is 33.5 Å². The lowest BCUT2D eigenvalue weighted by Gasteiger charge is -2.29. The largest absolute Gasteiger partial charge is 0.478 e. The van der Waals surface area contributed by atoms with E-state index in [-0.39, 0.29) is 10.5 Å². The number of aromatic carboxylic acids is 1. The van der Waals surface area contributed by atoms with Crippen molar-refractivity contribution in [3.05, 3.63) is 52.6 Å². The Kier molecular flexibility index (Phi) is 5.48. The van der Waals surface area contributed by atoms with Crippen LogP contribution in [0.2, 0.25) is 0 Å². The van der Waals surface area contributed by atoms with Crippen molar-refractivity contribution in [2.24, 2.45) is 0 Å². The number of carboxylic acids is 1. The second-order valence-electron chi connectivity index (χ2n) is 7.47. The average molecular weight is 433 g/mol. The van der Waals surface area contributed by atoms with Crippen LogP contribution in [-0.4, -0.2) is 44.1 Å². The van der Waals surface area contributed by atoms with E-state index in [9.17, 15) is 18.3 Å². The predicted molar refractivity (Wildman–Crippen MR) is 117 cm³/mol. The predicted octanol–water partition coefficient (Wildman–Crippen LogP) is 3.54. The molecule has 2 aliphatic rings. The molecule has 0 atom stereocenters. The number of nitrogens with zero attached hydrogens (tertiary/aromatic N) is 1. The highest BCUT2D eigenvalue weighted by Gasteiger charge is 2.26. The van der Waals surface area contributed by atoms with Crippen LogP contribution in [0.5, 0.6) is 0 Å². The third-order valence-corrected chi connectivity index (χ3v) is 7.92. The Morgan fingerprint density at radius 3 is 2.59 bits per heavy atom. The number of benzene rings is 2. The van der Waals surface area contributed by atoms with Crippen LogP contribution >= 0.6 is 11.8 Å². The molecule has 0 aromatic heterocycles. The molecule has 1 saturated heterocycles. The van der Waals surface area contributed by atoms with E-state index in [1.807, 2.05) is 30.8 Å². The first-order valence-electron chi connectivity index (χ1n) is 9.70. The molecule has 2 N–H and O–H groups in total. The molecule has 2 aromatic carbocycles. The van der Waals surface area contributed by atoms with E-state index in [0.717, 1.165) is 53.4 Å². The lowest BCUT2D eigenvalue weighted by Crippen LogP contribution is -2.32. The van der Waals surface area contributed by atoms with Gasteiger partial charge in [-0.3, -0.25) is 4.72 Å². The van der Waals surface area contributed by atoms with Gasteiger partial charge in [0, 0.05) is 30.3 Å². The van der Waals surface area contributed by atoms with E-state index in [1.165, 1.54) is 6.07 Å². The third kappa shape index (κ3) is 4.09. The summed E-state index contributed by atoms with van der Waals surface area (Å²) < 4.78 is 29.0. The molecule has 1 aliphatic carbocycles. The fourth-order valence-electron chi connectivity index (χ4n) is 4.01. The molecule has 154 valence electrons. The van der Waals surface area contributed by atoms with Crippen molar-refractivity contribution < 1.29 is 18.3 Å². The standard InChI is InChI=1S/C21H24N2O4S2/c1-14-11-17(23-7-9-28-10-8-23)5-6-19(14)22-29(26,27)20-13-16(21(24)25)12-15-3-2-4-18(15)20/h5-6,11-13,22H,2-4,7-10H2,1H3,(H,24,25). The Hall–Kier alpha value is -2.19. The summed E-state index contributed by atoms with van der Waals surface area (Å²) in [6.07, 6.45) is 2.19. The minimum Gasteiger partial charge on any atom is -0.478 e. The van der Waals surface area contributed by atoms with Gasteiger partial charge in [-0.15, -0.1) is 0 Å². The van der Waals surface area contributed by atoms with E-state index in [1.54, 1.807) is 12.1 Å². The van der Waals surface area contributed by atoms with Gasteiger partial charge in [0.25, 0.3) is 10.0 Å². The van der Waals surface area contributed by atoms with Gasteiger partial charge in [0.2, 0.25) is 0 Å². The lowest BCUT2D eigenvalue weighted by atomic mass is 10.1. The van der Waals surface area contributed by atoms with Gasteiger partial charge in [-0.25, -0.2) is 13.2 Å². The Bertz CT molecular complexity index is 1060. The van der Waals surface area contributed by atoms with E-state index < -0.39 is 16.0 Å². The quantitative estimate of drug-likeness (QED) is 0.752. The van der Waals surface area contributed by atoms with Crippen molar-refractivity contribution in [1.29, 1.82) is 0 Å². The van der Waals surface area contributed by atoms with E-state index in [4.69, 9.17) is 0 Å². The fourth-order valence-corrected chi connectivity index (χ4v) is 6.38. The number of sulfonamides is 1. The normalized spacial score (nSPS) is 16.5. The Morgan fingerprint density at radius 1 is 1.14 bits per heavy atom. The Morgan fingerprint density at radius 2 is 1.90 bits per heavy atom. The summed E-state index contributed by atoms with van der Waals surface area (Å²) in [6, 6.07) is 8.63. The van der Waals surface area contributed by atoms with Gasteiger partial charge in [-0.05, 0) is 73.2 Å². The Balaban J connectivity index is 1.65. The average Bonchev–Trinajstić information content (AvgIpc) is 3.18.